The van der Waals surface area contributed by atoms with E-state index in [9.17, 15) is 24.3 Å². The quantitative estimate of drug-likeness (QED) is 0.121. The van der Waals surface area contributed by atoms with Crippen LogP contribution in [0.4, 0.5) is 0 Å². The Morgan fingerprint density at radius 3 is 2.05 bits per heavy atom. The molecule has 13 heteroatoms. The van der Waals surface area contributed by atoms with Gasteiger partial charge in [-0.25, -0.2) is 0 Å². The van der Waals surface area contributed by atoms with Gasteiger partial charge in [0.05, 0.1) is 19.1 Å². The largest absolute Gasteiger partial charge is 0.463 e. The second-order valence-electron chi connectivity index (χ2n) is 8.88. The van der Waals surface area contributed by atoms with Crippen molar-refractivity contribution in [3.05, 3.63) is 0 Å². The highest BCUT2D eigenvalue weighted by Crippen LogP contribution is 2.34. The van der Waals surface area contributed by atoms with E-state index in [0.29, 0.717) is 13.0 Å². The van der Waals surface area contributed by atoms with Crippen molar-refractivity contribution < 1.29 is 57.8 Å². The Morgan fingerprint density at radius 2 is 1.49 bits per heavy atom. The maximum Gasteiger partial charge on any atom is 0.303 e. The molecule has 37 heavy (non-hydrogen) atoms. The highest BCUT2D eigenvalue weighted by molar-refractivity contribution is 5.74. The van der Waals surface area contributed by atoms with Gasteiger partial charge in [0.15, 0.2) is 12.4 Å². The maximum absolute atomic E-state index is 11.9. The third-order valence-corrected chi connectivity index (χ3v) is 5.50. The van der Waals surface area contributed by atoms with Crippen LogP contribution in [-0.2, 0) is 47.6 Å². The number of rotatable bonds is 18. The third kappa shape index (κ3) is 13.7. The van der Waals surface area contributed by atoms with Crippen LogP contribution in [0.5, 0.6) is 0 Å². The van der Waals surface area contributed by atoms with Crippen molar-refractivity contribution in [3.8, 4) is 0 Å². The molecule has 0 radical (unpaired) electrons. The molecule has 1 aliphatic rings. The van der Waals surface area contributed by atoms with Crippen molar-refractivity contribution in [2.75, 3.05) is 33.0 Å². The van der Waals surface area contributed by atoms with Crippen LogP contribution in [0.25, 0.3) is 0 Å². The van der Waals surface area contributed by atoms with Gasteiger partial charge in [0, 0.05) is 40.4 Å². The van der Waals surface area contributed by atoms with E-state index < -0.39 is 60.4 Å². The monoisotopic (exact) mass is 535 g/mol. The number of amides is 1. The van der Waals surface area contributed by atoms with Crippen LogP contribution < -0.4 is 5.73 Å². The number of ether oxygens (including phenoxy) is 6. The van der Waals surface area contributed by atoms with Crippen molar-refractivity contribution >= 4 is 23.8 Å². The number of nitrogens with two attached hydrogens (primary N) is 1. The molecular weight excluding hydrogens is 494 g/mol. The van der Waals surface area contributed by atoms with Gasteiger partial charge < -0.3 is 44.4 Å². The van der Waals surface area contributed by atoms with Gasteiger partial charge in [0.1, 0.15) is 24.9 Å². The van der Waals surface area contributed by atoms with Crippen molar-refractivity contribution in [1.29, 1.82) is 0 Å². The summed E-state index contributed by atoms with van der Waals surface area (Å²) in [6.07, 6.45) is -1.28. The Kier molecular flexibility index (Phi) is 15.9. The zero-order valence-corrected chi connectivity index (χ0v) is 21.8. The summed E-state index contributed by atoms with van der Waals surface area (Å²) in [7, 11) is 0. The summed E-state index contributed by atoms with van der Waals surface area (Å²) in [4.78, 5) is 46.8. The average Bonchev–Trinajstić information content (AvgIpc) is 2.81. The second-order valence-corrected chi connectivity index (χ2v) is 8.88. The minimum atomic E-state index is -1.15. The lowest BCUT2D eigenvalue weighted by atomic mass is 9.87. The summed E-state index contributed by atoms with van der Waals surface area (Å²) in [5.74, 6) is -3.47. The number of carbonyl (C=O) groups is 4. The zero-order chi connectivity index (χ0) is 27.8. The Hall–Kier alpha value is -2.32. The zero-order valence-electron chi connectivity index (χ0n) is 21.8. The van der Waals surface area contributed by atoms with E-state index in [0.717, 1.165) is 25.7 Å². The number of aliphatic hydroxyl groups excluding tert-OH is 2. The molecule has 6 atom stereocenters. The van der Waals surface area contributed by atoms with Gasteiger partial charge in [0.2, 0.25) is 5.91 Å². The van der Waals surface area contributed by atoms with Crippen LogP contribution >= 0.6 is 0 Å². The molecule has 0 aromatic heterocycles. The second kappa shape index (κ2) is 18.0. The number of unbranched alkanes of at least 4 members (excludes halogenated alkanes) is 4. The van der Waals surface area contributed by atoms with Crippen LogP contribution in [-0.4, -0.2) is 97.8 Å². The minimum absolute atomic E-state index is 0.100. The van der Waals surface area contributed by atoms with E-state index in [-0.39, 0.29) is 32.8 Å². The molecule has 1 aliphatic heterocycles. The predicted molar refractivity (Wildman–Crippen MR) is 127 cm³/mol. The summed E-state index contributed by atoms with van der Waals surface area (Å²) in [6.45, 7) is 3.80. The normalized spacial score (nSPS) is 24.2. The molecule has 1 heterocycles. The van der Waals surface area contributed by atoms with Gasteiger partial charge >= 0.3 is 17.9 Å². The van der Waals surface area contributed by atoms with E-state index in [1.54, 1.807) is 0 Å². The van der Waals surface area contributed by atoms with Crippen molar-refractivity contribution in [1.82, 2.24) is 0 Å². The van der Waals surface area contributed by atoms with Crippen LogP contribution in [0, 0.1) is 5.92 Å². The first-order chi connectivity index (χ1) is 17.5. The molecule has 214 valence electrons. The first kappa shape index (κ1) is 32.7. The Bertz CT molecular complexity index is 718. The Balaban J connectivity index is 2.74. The van der Waals surface area contributed by atoms with Gasteiger partial charge in [-0.2, -0.15) is 0 Å². The molecule has 0 saturated carbocycles. The number of hydrogen-bond acceptors (Lipinski definition) is 12. The van der Waals surface area contributed by atoms with Crippen LogP contribution in [0.2, 0.25) is 0 Å². The molecule has 0 aliphatic carbocycles. The van der Waals surface area contributed by atoms with E-state index in [1.807, 2.05) is 0 Å². The highest BCUT2D eigenvalue weighted by atomic mass is 16.7. The van der Waals surface area contributed by atoms with Crippen molar-refractivity contribution in [2.45, 2.75) is 90.0 Å². The maximum atomic E-state index is 11.9. The van der Waals surface area contributed by atoms with Crippen molar-refractivity contribution in [2.24, 2.45) is 11.7 Å². The van der Waals surface area contributed by atoms with Gasteiger partial charge in [-0.3, -0.25) is 19.2 Å². The van der Waals surface area contributed by atoms with Gasteiger partial charge in [-0.15, -0.1) is 0 Å². The van der Waals surface area contributed by atoms with Gasteiger partial charge in [-0.1, -0.05) is 19.3 Å². The smallest absolute Gasteiger partial charge is 0.303 e. The molecule has 13 nitrogen and oxygen atoms in total. The van der Waals surface area contributed by atoms with E-state index in [4.69, 9.17) is 39.3 Å². The minimum Gasteiger partial charge on any atom is -0.463 e. The van der Waals surface area contributed by atoms with Crippen LogP contribution in [0.15, 0.2) is 0 Å². The molecule has 4 N–H and O–H groups in total. The highest BCUT2D eigenvalue weighted by Gasteiger charge is 2.51. The van der Waals surface area contributed by atoms with E-state index >= 15 is 0 Å². The summed E-state index contributed by atoms with van der Waals surface area (Å²) in [5, 5.41) is 18.0. The summed E-state index contributed by atoms with van der Waals surface area (Å²) < 4.78 is 32.9. The number of esters is 3. The third-order valence-electron chi connectivity index (χ3n) is 5.50. The molecule has 0 unspecified atom stereocenters. The lowest BCUT2D eigenvalue weighted by Gasteiger charge is -2.44. The fourth-order valence-electron chi connectivity index (χ4n) is 3.89. The standard InChI is InChI=1S/C24H41NO12/c1-15(27)34-14-20-23(36-17(3)29)22(35-16(2)28)19(11-21(25)31)24(37-20)33-10-8-6-4-5-7-9-32-13-18(30)12-26/h18-20,22-24,26,30H,4-14H2,1-3H3,(H2,25,31)/t18-,19+,20+,22+,23-,24+/m0/s1. The van der Waals surface area contributed by atoms with Crippen LogP contribution in [0.1, 0.15) is 59.3 Å². The molecule has 0 spiro atoms. The molecule has 1 amide bonds. The number of primary amides is 1. The molecule has 1 saturated heterocycles. The van der Waals surface area contributed by atoms with E-state index in [2.05, 4.69) is 0 Å². The fourth-order valence-corrected chi connectivity index (χ4v) is 3.89. The molecule has 0 bridgehead atoms. The van der Waals surface area contributed by atoms with Gasteiger partial charge in [0.25, 0.3) is 0 Å². The average molecular weight is 536 g/mol. The lowest BCUT2D eigenvalue weighted by Crippen LogP contribution is -2.59. The van der Waals surface area contributed by atoms with Gasteiger partial charge in [-0.05, 0) is 12.8 Å². The molecule has 0 aromatic carbocycles. The Labute approximate surface area is 216 Å². The predicted octanol–water partition coefficient (Wildman–Crippen LogP) is -0.0337. The van der Waals surface area contributed by atoms with Crippen LogP contribution in [0.3, 0.4) is 0 Å². The Morgan fingerprint density at radius 1 is 0.892 bits per heavy atom. The number of aliphatic hydroxyl groups is 2. The lowest BCUT2D eigenvalue weighted by molar-refractivity contribution is -0.291. The topological polar surface area (TPSA) is 190 Å². The van der Waals surface area contributed by atoms with E-state index in [1.165, 1.54) is 20.8 Å². The summed E-state index contributed by atoms with van der Waals surface area (Å²) >= 11 is 0. The first-order valence-electron chi connectivity index (χ1n) is 12.4. The number of carbonyl (C=O) groups excluding carboxylic acids is 4. The number of hydrogen-bond donors (Lipinski definition) is 3. The molecule has 1 rings (SSSR count). The SMILES string of the molecule is CC(=O)OC[C@H]1O[C@@H](OCCCCCCCOC[C@@H](O)CO)[C@H](CC(N)=O)[C@@H](OC(C)=O)[C@H]1OC(C)=O. The molecular formula is C24H41NO12. The summed E-state index contributed by atoms with van der Waals surface area (Å²) in [6, 6.07) is 0. The summed E-state index contributed by atoms with van der Waals surface area (Å²) in [5.41, 5.74) is 5.42. The van der Waals surface area contributed by atoms with Crippen molar-refractivity contribution in [3.63, 3.8) is 0 Å². The first-order valence-corrected chi connectivity index (χ1v) is 12.4. The molecule has 1 fully saturated rings. The fraction of sp³-hybridized carbons (Fsp3) is 0.833. The molecule has 0 aromatic rings.